The number of ether oxygens (including phenoxy) is 1. The second-order valence-corrected chi connectivity index (χ2v) is 6.82. The molecule has 0 bridgehead atoms. The van der Waals surface area contributed by atoms with Gasteiger partial charge in [-0.1, -0.05) is 0 Å². The van der Waals surface area contributed by atoms with Gasteiger partial charge in [0.25, 0.3) is 11.5 Å². The molecule has 180 valence electrons. The molecule has 0 aliphatic rings. The molecule has 0 fully saturated rings. The van der Waals surface area contributed by atoms with Crippen LogP contribution >= 0.6 is 0 Å². The fraction of sp³-hybridized carbons (Fsp3) is 0.190. The lowest BCUT2D eigenvalue weighted by molar-refractivity contribution is -0.143. The molecule has 0 aliphatic heterocycles. The van der Waals surface area contributed by atoms with Gasteiger partial charge in [0, 0.05) is 11.9 Å². The highest BCUT2D eigenvalue weighted by Gasteiger charge is 2.37. The van der Waals surface area contributed by atoms with Crippen molar-refractivity contribution < 1.29 is 35.9 Å². The summed E-state index contributed by atoms with van der Waals surface area (Å²) in [6, 6.07) is 6.11. The smallest absolute Gasteiger partial charge is 0.416 e. The van der Waals surface area contributed by atoms with Gasteiger partial charge in [-0.15, -0.1) is 0 Å². The Hall–Kier alpha value is -4.03. The third kappa shape index (κ3) is 5.30. The summed E-state index contributed by atoms with van der Waals surface area (Å²) in [6.07, 6.45) is -9.54. The van der Waals surface area contributed by atoms with E-state index < -0.39 is 51.9 Å². The summed E-state index contributed by atoms with van der Waals surface area (Å²) < 4.78 is 84.1. The first-order chi connectivity index (χ1) is 15.8. The zero-order chi connectivity index (χ0) is 25.3. The largest absolute Gasteiger partial charge is 0.494 e. The van der Waals surface area contributed by atoms with Crippen molar-refractivity contribution in [3.8, 4) is 11.4 Å². The number of aromatic nitrogens is 2. The van der Waals surface area contributed by atoms with Gasteiger partial charge in [0.15, 0.2) is 0 Å². The van der Waals surface area contributed by atoms with Crippen molar-refractivity contribution in [2.75, 3.05) is 11.9 Å². The van der Waals surface area contributed by atoms with Gasteiger partial charge in [-0.2, -0.15) is 26.3 Å². The maximum Gasteiger partial charge on any atom is 0.416 e. The van der Waals surface area contributed by atoms with Crippen LogP contribution < -0.4 is 21.3 Å². The highest BCUT2D eigenvalue weighted by atomic mass is 19.4. The molecule has 34 heavy (non-hydrogen) atoms. The molecule has 0 atom stereocenters. The number of aromatic amines is 1. The molecule has 0 spiro atoms. The molecule has 0 aliphatic carbocycles. The van der Waals surface area contributed by atoms with Crippen LogP contribution in [-0.2, 0) is 12.4 Å². The van der Waals surface area contributed by atoms with Crippen molar-refractivity contribution in [1.29, 1.82) is 0 Å². The summed E-state index contributed by atoms with van der Waals surface area (Å²) in [5, 5.41) is 1.85. The second kappa shape index (κ2) is 9.08. The number of amides is 1. The summed E-state index contributed by atoms with van der Waals surface area (Å²) in [5.74, 6) is -0.886. The lowest BCUT2D eigenvalue weighted by atomic mass is 10.1. The highest BCUT2D eigenvalue weighted by molar-refractivity contribution is 6.04. The van der Waals surface area contributed by atoms with E-state index in [-0.39, 0.29) is 11.8 Å². The second-order valence-electron chi connectivity index (χ2n) is 6.82. The van der Waals surface area contributed by atoms with Crippen LogP contribution in [0.25, 0.3) is 5.69 Å². The van der Waals surface area contributed by atoms with Gasteiger partial charge >= 0.3 is 18.0 Å². The quantitative estimate of drug-likeness (QED) is 0.528. The van der Waals surface area contributed by atoms with E-state index in [0.29, 0.717) is 35.3 Å². The van der Waals surface area contributed by atoms with Gasteiger partial charge in [0.1, 0.15) is 11.3 Å². The van der Waals surface area contributed by atoms with Crippen molar-refractivity contribution in [2.24, 2.45) is 0 Å². The standard InChI is InChI=1S/C21H15F6N3O4/c1-2-34-15-5-3-14(4-6-15)30-18(32)16(10-28-19(30)33)17(31)29-13-8-11(20(22,23)24)7-12(9-13)21(25,26)27/h3-10H,2H2,1H3,(H,28,33)(H,29,31). The minimum Gasteiger partial charge on any atom is -0.494 e. The molecule has 1 amide bonds. The van der Waals surface area contributed by atoms with E-state index in [2.05, 4.69) is 4.98 Å². The Morgan fingerprint density at radius 3 is 2.03 bits per heavy atom. The molecule has 0 unspecified atom stereocenters. The average Bonchev–Trinajstić information content (AvgIpc) is 2.73. The predicted octanol–water partition coefficient (Wildman–Crippen LogP) is 4.21. The first-order valence-electron chi connectivity index (χ1n) is 9.50. The van der Waals surface area contributed by atoms with Gasteiger partial charge in [0.05, 0.1) is 23.4 Å². The van der Waals surface area contributed by atoms with Crippen LogP contribution in [0.3, 0.4) is 0 Å². The number of hydrogen-bond acceptors (Lipinski definition) is 4. The van der Waals surface area contributed by atoms with Crippen molar-refractivity contribution in [3.63, 3.8) is 0 Å². The number of nitrogens with zero attached hydrogens (tertiary/aromatic N) is 1. The fourth-order valence-corrected chi connectivity index (χ4v) is 2.95. The number of H-pyrrole nitrogens is 1. The Balaban J connectivity index is 2.01. The molecule has 0 radical (unpaired) electrons. The van der Waals surface area contributed by atoms with Crippen LogP contribution in [0, 0.1) is 0 Å². The number of benzene rings is 2. The van der Waals surface area contributed by atoms with E-state index in [9.17, 15) is 40.7 Å². The molecule has 1 heterocycles. The van der Waals surface area contributed by atoms with E-state index >= 15 is 0 Å². The number of anilines is 1. The predicted molar refractivity (Wildman–Crippen MR) is 108 cm³/mol. The Kier molecular flexibility index (Phi) is 6.57. The summed E-state index contributed by atoms with van der Waals surface area (Å²) in [5.41, 5.74) is -6.89. The number of nitrogens with one attached hydrogen (secondary N) is 2. The Bertz CT molecular complexity index is 1290. The first kappa shape index (κ1) is 24.6. The fourth-order valence-electron chi connectivity index (χ4n) is 2.95. The average molecular weight is 487 g/mol. The topological polar surface area (TPSA) is 93.2 Å². The SMILES string of the molecule is CCOc1ccc(-n2c(=O)[nH]cc(C(=O)Nc3cc(C(F)(F)F)cc(C(F)(F)F)c3)c2=O)cc1. The number of hydrogen-bond donors (Lipinski definition) is 2. The minimum absolute atomic E-state index is 0.0442. The number of halogens is 6. The normalized spacial score (nSPS) is 11.9. The third-order valence-corrected chi connectivity index (χ3v) is 4.47. The zero-order valence-corrected chi connectivity index (χ0v) is 17.2. The molecule has 0 saturated carbocycles. The maximum absolute atomic E-state index is 13.0. The van der Waals surface area contributed by atoms with E-state index in [1.807, 2.05) is 5.32 Å². The summed E-state index contributed by atoms with van der Waals surface area (Å²) in [7, 11) is 0. The molecule has 3 rings (SSSR count). The van der Waals surface area contributed by atoms with Gasteiger partial charge in [-0.3, -0.25) is 9.59 Å². The summed E-state index contributed by atoms with van der Waals surface area (Å²) in [6.45, 7) is 2.11. The van der Waals surface area contributed by atoms with Gasteiger partial charge in [-0.05, 0) is 49.4 Å². The number of carbonyl (C=O) groups excluding carboxylic acids is 1. The van der Waals surface area contributed by atoms with E-state index in [1.165, 1.54) is 24.3 Å². The molecule has 2 aromatic carbocycles. The first-order valence-corrected chi connectivity index (χ1v) is 9.50. The van der Waals surface area contributed by atoms with Crippen LogP contribution in [0.2, 0.25) is 0 Å². The number of alkyl halides is 6. The van der Waals surface area contributed by atoms with Crippen molar-refractivity contribution in [1.82, 2.24) is 9.55 Å². The number of rotatable bonds is 5. The van der Waals surface area contributed by atoms with E-state index in [0.717, 1.165) is 0 Å². The number of carbonyl (C=O) groups is 1. The molecule has 7 nitrogen and oxygen atoms in total. The minimum atomic E-state index is -5.13. The maximum atomic E-state index is 13.0. The Morgan fingerprint density at radius 1 is 0.971 bits per heavy atom. The van der Waals surface area contributed by atoms with Gasteiger partial charge in [-0.25, -0.2) is 9.36 Å². The van der Waals surface area contributed by atoms with Crippen LogP contribution in [0.1, 0.15) is 28.4 Å². The van der Waals surface area contributed by atoms with Gasteiger partial charge < -0.3 is 15.0 Å². The van der Waals surface area contributed by atoms with Crippen molar-refractivity contribution in [3.05, 3.63) is 86.2 Å². The Morgan fingerprint density at radius 2 is 1.53 bits per heavy atom. The Labute approximate surface area is 186 Å². The van der Waals surface area contributed by atoms with Crippen molar-refractivity contribution in [2.45, 2.75) is 19.3 Å². The lowest BCUT2D eigenvalue weighted by Gasteiger charge is -2.15. The van der Waals surface area contributed by atoms with Crippen LogP contribution in [-0.4, -0.2) is 22.1 Å². The van der Waals surface area contributed by atoms with Crippen LogP contribution in [0.4, 0.5) is 32.0 Å². The third-order valence-electron chi connectivity index (χ3n) is 4.47. The highest BCUT2D eigenvalue weighted by Crippen LogP contribution is 2.37. The van der Waals surface area contributed by atoms with Crippen molar-refractivity contribution >= 4 is 11.6 Å². The monoisotopic (exact) mass is 487 g/mol. The molecular formula is C21H15F6N3O4. The van der Waals surface area contributed by atoms with Gasteiger partial charge in [0.2, 0.25) is 0 Å². The molecule has 2 N–H and O–H groups in total. The lowest BCUT2D eigenvalue weighted by Crippen LogP contribution is -2.38. The summed E-state index contributed by atoms with van der Waals surface area (Å²) >= 11 is 0. The molecule has 3 aromatic rings. The van der Waals surface area contributed by atoms with E-state index in [4.69, 9.17) is 4.74 Å². The zero-order valence-electron chi connectivity index (χ0n) is 17.2. The van der Waals surface area contributed by atoms with Crippen LogP contribution in [0.15, 0.2) is 58.3 Å². The summed E-state index contributed by atoms with van der Waals surface area (Å²) in [4.78, 5) is 39.7. The van der Waals surface area contributed by atoms with Crippen LogP contribution in [0.5, 0.6) is 5.75 Å². The molecule has 1 aromatic heterocycles. The molecule has 13 heteroatoms. The molecular weight excluding hydrogens is 472 g/mol. The molecule has 0 saturated heterocycles. The van der Waals surface area contributed by atoms with E-state index in [1.54, 1.807) is 6.92 Å².